The quantitative estimate of drug-likeness (QED) is 0.835. The summed E-state index contributed by atoms with van der Waals surface area (Å²) in [7, 11) is -3.43. The van der Waals surface area contributed by atoms with E-state index in [0.29, 0.717) is 12.0 Å². The van der Waals surface area contributed by atoms with Crippen molar-refractivity contribution in [3.63, 3.8) is 0 Å². The molecule has 0 radical (unpaired) electrons. The maximum Gasteiger partial charge on any atom is 0.232 e. The molecule has 0 aliphatic heterocycles. The highest BCUT2D eigenvalue weighted by molar-refractivity contribution is 7.92. The van der Waals surface area contributed by atoms with Gasteiger partial charge < -0.3 is 5.11 Å². The Morgan fingerprint density at radius 3 is 2.32 bits per heavy atom. The van der Waals surface area contributed by atoms with E-state index in [-0.39, 0.29) is 22.6 Å². The molecule has 0 unspecified atom stereocenters. The fourth-order valence-corrected chi connectivity index (χ4v) is 3.17. The first-order valence-corrected chi connectivity index (χ1v) is 7.96. The van der Waals surface area contributed by atoms with Gasteiger partial charge in [0.1, 0.15) is 5.75 Å². The second-order valence-corrected chi connectivity index (χ2v) is 8.05. The van der Waals surface area contributed by atoms with Gasteiger partial charge in [-0.3, -0.25) is 4.72 Å². The van der Waals surface area contributed by atoms with Crippen LogP contribution in [0.2, 0.25) is 0 Å². The first-order valence-electron chi connectivity index (χ1n) is 6.31. The molecule has 0 spiro atoms. The molecule has 0 aliphatic carbocycles. The van der Waals surface area contributed by atoms with Crippen LogP contribution in [0.4, 0.5) is 5.69 Å². The summed E-state index contributed by atoms with van der Waals surface area (Å²) in [6.45, 7) is 9.60. The molecule has 108 valence electrons. The van der Waals surface area contributed by atoms with E-state index in [0.717, 1.165) is 5.56 Å². The molecule has 0 saturated carbocycles. The molecule has 0 heterocycles. The summed E-state index contributed by atoms with van der Waals surface area (Å²) in [6, 6.07) is 3.44. The normalized spacial score (nSPS) is 12.5. The van der Waals surface area contributed by atoms with Crippen LogP contribution in [0.1, 0.15) is 38.3 Å². The predicted octanol–water partition coefficient (Wildman–Crippen LogP) is 3.19. The Kier molecular flexibility index (Phi) is 4.50. The topological polar surface area (TPSA) is 66.4 Å². The van der Waals surface area contributed by atoms with Gasteiger partial charge in [0.15, 0.2) is 0 Å². The second-order valence-electron chi connectivity index (χ2n) is 6.21. The molecule has 0 aromatic heterocycles. The fourth-order valence-electron chi connectivity index (χ4n) is 1.70. The molecule has 0 atom stereocenters. The van der Waals surface area contributed by atoms with Gasteiger partial charge in [-0.15, -0.1) is 0 Å². The Bertz CT molecular complexity index is 557. The molecule has 0 amide bonds. The molecular weight excluding hydrogens is 262 g/mol. The Hall–Kier alpha value is -1.23. The summed E-state index contributed by atoms with van der Waals surface area (Å²) in [5, 5.41) is 9.89. The number of aromatic hydroxyl groups is 1. The molecule has 1 aromatic carbocycles. The monoisotopic (exact) mass is 285 g/mol. The highest BCUT2D eigenvalue weighted by Crippen LogP contribution is 2.30. The SMILES string of the molecule is Cc1cc(C)c(O)c(NS(=O)(=O)CCC(C)(C)C)c1. The van der Waals surface area contributed by atoms with Crippen molar-refractivity contribution < 1.29 is 13.5 Å². The lowest BCUT2D eigenvalue weighted by Gasteiger charge is -2.18. The predicted molar refractivity (Wildman–Crippen MR) is 79.1 cm³/mol. The van der Waals surface area contributed by atoms with Crippen LogP contribution in [0.3, 0.4) is 0 Å². The van der Waals surface area contributed by atoms with Crippen LogP contribution in [-0.2, 0) is 10.0 Å². The lowest BCUT2D eigenvalue weighted by Crippen LogP contribution is -2.21. The van der Waals surface area contributed by atoms with Crippen molar-refractivity contribution in [1.29, 1.82) is 0 Å². The minimum absolute atomic E-state index is 0.00932. The van der Waals surface area contributed by atoms with Crippen molar-refractivity contribution in [3.05, 3.63) is 23.3 Å². The lowest BCUT2D eigenvalue weighted by atomic mass is 9.94. The van der Waals surface area contributed by atoms with Gasteiger partial charge in [0.25, 0.3) is 0 Å². The van der Waals surface area contributed by atoms with Crippen molar-refractivity contribution in [2.75, 3.05) is 10.5 Å². The number of nitrogens with one attached hydrogen (secondary N) is 1. The number of phenolic OH excluding ortho intramolecular Hbond substituents is 1. The van der Waals surface area contributed by atoms with Gasteiger partial charge in [0, 0.05) is 0 Å². The van der Waals surface area contributed by atoms with Gasteiger partial charge in [0.05, 0.1) is 11.4 Å². The van der Waals surface area contributed by atoms with Crippen LogP contribution in [0.25, 0.3) is 0 Å². The van der Waals surface area contributed by atoms with E-state index in [1.165, 1.54) is 0 Å². The molecule has 4 nitrogen and oxygen atoms in total. The summed E-state index contributed by atoms with van der Waals surface area (Å²) in [4.78, 5) is 0. The van der Waals surface area contributed by atoms with Crippen LogP contribution < -0.4 is 4.72 Å². The van der Waals surface area contributed by atoms with Crippen molar-refractivity contribution in [3.8, 4) is 5.75 Å². The number of benzene rings is 1. The van der Waals surface area contributed by atoms with Gasteiger partial charge in [-0.25, -0.2) is 8.42 Å². The summed E-state index contributed by atoms with van der Waals surface area (Å²) >= 11 is 0. The second kappa shape index (κ2) is 5.41. The van der Waals surface area contributed by atoms with Crippen molar-refractivity contribution in [1.82, 2.24) is 0 Å². The van der Waals surface area contributed by atoms with E-state index < -0.39 is 10.0 Å². The zero-order valence-corrected chi connectivity index (χ0v) is 13.1. The number of aryl methyl sites for hydroxylation is 2. The van der Waals surface area contributed by atoms with Crippen LogP contribution in [0.15, 0.2) is 12.1 Å². The highest BCUT2D eigenvalue weighted by Gasteiger charge is 2.19. The van der Waals surface area contributed by atoms with E-state index in [1.807, 2.05) is 33.8 Å². The van der Waals surface area contributed by atoms with Crippen LogP contribution in [0.5, 0.6) is 5.75 Å². The van der Waals surface area contributed by atoms with Crippen LogP contribution in [0, 0.1) is 19.3 Å². The molecule has 0 fully saturated rings. The summed E-state index contributed by atoms with van der Waals surface area (Å²) < 4.78 is 26.5. The van der Waals surface area contributed by atoms with Crippen molar-refractivity contribution >= 4 is 15.7 Å². The smallest absolute Gasteiger partial charge is 0.232 e. The average Bonchev–Trinajstić information content (AvgIpc) is 2.21. The molecule has 0 aliphatic rings. The third kappa shape index (κ3) is 5.11. The number of anilines is 1. The van der Waals surface area contributed by atoms with E-state index >= 15 is 0 Å². The number of sulfonamides is 1. The maximum absolute atomic E-state index is 12.0. The summed E-state index contributed by atoms with van der Waals surface area (Å²) in [5.41, 5.74) is 1.78. The van der Waals surface area contributed by atoms with Crippen molar-refractivity contribution in [2.45, 2.75) is 41.0 Å². The summed E-state index contributed by atoms with van der Waals surface area (Å²) in [5.74, 6) is 0.0353. The number of phenols is 1. The van der Waals surface area contributed by atoms with E-state index in [4.69, 9.17) is 0 Å². The number of hydrogen-bond donors (Lipinski definition) is 2. The molecular formula is C14H23NO3S. The Morgan fingerprint density at radius 1 is 1.21 bits per heavy atom. The van der Waals surface area contributed by atoms with Crippen molar-refractivity contribution in [2.24, 2.45) is 5.41 Å². The number of hydrogen-bond acceptors (Lipinski definition) is 3. The standard InChI is InChI=1S/C14H23NO3S/c1-10-8-11(2)13(16)12(9-10)15-19(17,18)7-6-14(3,4)5/h8-9,15-16H,6-7H2,1-5H3. The number of rotatable bonds is 4. The van der Waals surface area contributed by atoms with Gasteiger partial charge in [0.2, 0.25) is 10.0 Å². The van der Waals surface area contributed by atoms with E-state index in [9.17, 15) is 13.5 Å². The Balaban J connectivity index is 2.90. The van der Waals surface area contributed by atoms with E-state index in [2.05, 4.69) is 4.72 Å². The Labute approximate surface area is 115 Å². The first-order chi connectivity index (χ1) is 8.50. The van der Waals surface area contributed by atoms with Crippen LogP contribution in [-0.4, -0.2) is 19.3 Å². The maximum atomic E-state index is 12.0. The fraction of sp³-hybridized carbons (Fsp3) is 0.571. The molecule has 19 heavy (non-hydrogen) atoms. The zero-order chi connectivity index (χ0) is 14.8. The van der Waals surface area contributed by atoms with E-state index in [1.54, 1.807) is 13.0 Å². The van der Waals surface area contributed by atoms with Gasteiger partial charge >= 0.3 is 0 Å². The molecule has 1 aromatic rings. The third-order valence-corrected chi connectivity index (χ3v) is 4.10. The Morgan fingerprint density at radius 2 is 1.79 bits per heavy atom. The average molecular weight is 285 g/mol. The van der Waals surface area contributed by atoms with Gasteiger partial charge in [-0.2, -0.15) is 0 Å². The van der Waals surface area contributed by atoms with Gasteiger partial charge in [-0.05, 0) is 42.9 Å². The molecule has 2 N–H and O–H groups in total. The molecule has 5 heteroatoms. The molecule has 1 rings (SSSR count). The molecule has 0 saturated heterocycles. The van der Waals surface area contributed by atoms with Crippen LogP contribution >= 0.6 is 0 Å². The minimum atomic E-state index is -3.43. The zero-order valence-electron chi connectivity index (χ0n) is 12.2. The molecule has 0 bridgehead atoms. The first kappa shape index (κ1) is 15.8. The van der Waals surface area contributed by atoms with Gasteiger partial charge in [-0.1, -0.05) is 26.8 Å². The highest BCUT2D eigenvalue weighted by atomic mass is 32.2. The largest absolute Gasteiger partial charge is 0.505 e. The third-order valence-electron chi connectivity index (χ3n) is 2.83. The minimum Gasteiger partial charge on any atom is -0.505 e. The summed E-state index contributed by atoms with van der Waals surface area (Å²) in [6.07, 6.45) is 0.563. The lowest BCUT2D eigenvalue weighted by molar-refractivity contribution is 0.397.